The summed E-state index contributed by atoms with van der Waals surface area (Å²) in [7, 11) is 0. The first kappa shape index (κ1) is 20.8. The highest BCUT2D eigenvalue weighted by molar-refractivity contribution is 5.93. The molecule has 1 aromatic heterocycles. The molecule has 0 radical (unpaired) electrons. The van der Waals surface area contributed by atoms with E-state index >= 15 is 0 Å². The van der Waals surface area contributed by atoms with E-state index in [4.69, 9.17) is 4.74 Å². The molecular formula is C23H29N3O3. The third kappa shape index (κ3) is 5.34. The lowest BCUT2D eigenvalue weighted by Crippen LogP contribution is -2.45. The van der Waals surface area contributed by atoms with Crippen LogP contribution in [-0.2, 0) is 28.8 Å². The SMILES string of the molecule is CCOC(=O)[C@@H](Cc1cccnc1)NC(=O)Nc1cc2c(cc1C(C)C)CCC2. The molecule has 0 unspecified atom stereocenters. The summed E-state index contributed by atoms with van der Waals surface area (Å²) in [4.78, 5) is 29.2. The molecule has 0 spiro atoms. The van der Waals surface area contributed by atoms with Gasteiger partial charge in [0.15, 0.2) is 0 Å². The number of amides is 2. The van der Waals surface area contributed by atoms with Gasteiger partial charge in [-0.2, -0.15) is 0 Å². The molecule has 3 rings (SSSR count). The van der Waals surface area contributed by atoms with E-state index in [2.05, 4.69) is 41.6 Å². The largest absolute Gasteiger partial charge is 0.464 e. The summed E-state index contributed by atoms with van der Waals surface area (Å²) in [6.07, 6.45) is 6.96. The van der Waals surface area contributed by atoms with Crippen molar-refractivity contribution < 1.29 is 14.3 Å². The molecule has 0 bridgehead atoms. The lowest BCUT2D eigenvalue weighted by Gasteiger charge is -2.20. The van der Waals surface area contributed by atoms with E-state index in [1.54, 1.807) is 25.4 Å². The molecule has 0 fully saturated rings. The van der Waals surface area contributed by atoms with Crippen LogP contribution in [0.3, 0.4) is 0 Å². The maximum absolute atomic E-state index is 12.8. The molecule has 2 amide bonds. The Bertz CT molecular complexity index is 865. The number of carbonyl (C=O) groups excluding carboxylic acids is 2. The van der Waals surface area contributed by atoms with Gasteiger partial charge < -0.3 is 15.4 Å². The number of esters is 1. The van der Waals surface area contributed by atoms with Gasteiger partial charge in [-0.1, -0.05) is 26.0 Å². The third-order valence-corrected chi connectivity index (χ3v) is 5.17. The number of hydrogen-bond acceptors (Lipinski definition) is 4. The number of nitrogens with one attached hydrogen (secondary N) is 2. The van der Waals surface area contributed by atoms with Gasteiger partial charge in [0, 0.05) is 24.5 Å². The number of aryl methyl sites for hydroxylation is 2. The lowest BCUT2D eigenvalue weighted by molar-refractivity contribution is -0.145. The minimum atomic E-state index is -0.781. The minimum absolute atomic E-state index is 0.258. The molecule has 0 aliphatic heterocycles. The van der Waals surface area contributed by atoms with E-state index < -0.39 is 18.0 Å². The van der Waals surface area contributed by atoms with Gasteiger partial charge in [-0.05, 0) is 66.5 Å². The number of aromatic nitrogens is 1. The van der Waals surface area contributed by atoms with Gasteiger partial charge in [0.1, 0.15) is 6.04 Å². The van der Waals surface area contributed by atoms with Crippen molar-refractivity contribution in [3.63, 3.8) is 0 Å². The second-order valence-corrected chi connectivity index (χ2v) is 7.68. The van der Waals surface area contributed by atoms with Gasteiger partial charge in [0.25, 0.3) is 0 Å². The number of carbonyl (C=O) groups is 2. The summed E-state index contributed by atoms with van der Waals surface area (Å²) in [5.74, 6) is -0.169. The van der Waals surface area contributed by atoms with E-state index in [1.165, 1.54) is 11.1 Å². The van der Waals surface area contributed by atoms with E-state index in [-0.39, 0.29) is 12.5 Å². The van der Waals surface area contributed by atoms with Crippen LogP contribution >= 0.6 is 0 Å². The molecule has 1 aromatic carbocycles. The van der Waals surface area contributed by atoms with E-state index in [1.807, 2.05) is 6.07 Å². The van der Waals surface area contributed by atoms with Gasteiger partial charge in [0.2, 0.25) is 0 Å². The predicted molar refractivity (Wildman–Crippen MR) is 113 cm³/mol. The average Bonchev–Trinajstić information content (AvgIpc) is 3.15. The van der Waals surface area contributed by atoms with Crippen molar-refractivity contribution in [1.82, 2.24) is 10.3 Å². The second kappa shape index (κ2) is 9.54. The van der Waals surface area contributed by atoms with Crippen LogP contribution in [0.1, 0.15) is 55.4 Å². The number of rotatable bonds is 7. The molecule has 1 aliphatic carbocycles. The number of ether oxygens (including phenoxy) is 1. The maximum atomic E-state index is 12.8. The van der Waals surface area contributed by atoms with Crippen LogP contribution in [0, 0.1) is 0 Å². The minimum Gasteiger partial charge on any atom is -0.464 e. The molecule has 0 saturated heterocycles. The van der Waals surface area contributed by atoms with Gasteiger partial charge in [-0.25, -0.2) is 9.59 Å². The van der Waals surface area contributed by atoms with Crippen molar-refractivity contribution >= 4 is 17.7 Å². The summed E-state index contributed by atoms with van der Waals surface area (Å²) in [6.45, 7) is 6.24. The first-order valence-electron chi connectivity index (χ1n) is 10.3. The number of fused-ring (bicyclic) bond motifs is 1. The van der Waals surface area contributed by atoms with Crippen molar-refractivity contribution in [2.24, 2.45) is 0 Å². The van der Waals surface area contributed by atoms with Crippen molar-refractivity contribution in [1.29, 1.82) is 0 Å². The summed E-state index contributed by atoms with van der Waals surface area (Å²) in [5, 5.41) is 5.74. The van der Waals surface area contributed by atoms with Crippen LogP contribution < -0.4 is 10.6 Å². The second-order valence-electron chi connectivity index (χ2n) is 7.68. The number of pyridine rings is 1. The van der Waals surface area contributed by atoms with Gasteiger partial charge in [-0.3, -0.25) is 4.98 Å². The van der Waals surface area contributed by atoms with Crippen molar-refractivity contribution in [2.45, 2.75) is 58.4 Å². The zero-order chi connectivity index (χ0) is 20.8. The van der Waals surface area contributed by atoms with Crippen molar-refractivity contribution in [3.8, 4) is 0 Å². The average molecular weight is 396 g/mol. The highest BCUT2D eigenvalue weighted by Gasteiger charge is 2.24. The van der Waals surface area contributed by atoms with Crippen LogP contribution in [0.25, 0.3) is 0 Å². The number of urea groups is 1. The lowest BCUT2D eigenvalue weighted by atomic mass is 9.96. The van der Waals surface area contributed by atoms with E-state index in [0.29, 0.717) is 6.42 Å². The molecular weight excluding hydrogens is 366 g/mol. The molecule has 2 N–H and O–H groups in total. The highest BCUT2D eigenvalue weighted by Crippen LogP contribution is 2.32. The van der Waals surface area contributed by atoms with Crippen LogP contribution in [0.2, 0.25) is 0 Å². The van der Waals surface area contributed by atoms with E-state index in [9.17, 15) is 9.59 Å². The number of benzene rings is 1. The first-order chi connectivity index (χ1) is 14.0. The summed E-state index contributed by atoms with van der Waals surface area (Å²) in [6, 6.07) is 6.77. The molecule has 6 nitrogen and oxygen atoms in total. The predicted octanol–water partition coefficient (Wildman–Crippen LogP) is 3.99. The third-order valence-electron chi connectivity index (χ3n) is 5.17. The van der Waals surface area contributed by atoms with Crippen LogP contribution in [0.15, 0.2) is 36.7 Å². The van der Waals surface area contributed by atoms with Crippen molar-refractivity contribution in [2.75, 3.05) is 11.9 Å². The molecule has 1 aliphatic rings. The molecule has 1 heterocycles. The Morgan fingerprint density at radius 3 is 2.62 bits per heavy atom. The van der Waals surface area contributed by atoms with Gasteiger partial charge in [0.05, 0.1) is 6.61 Å². The van der Waals surface area contributed by atoms with Crippen molar-refractivity contribution in [3.05, 3.63) is 58.9 Å². The Labute approximate surface area is 172 Å². The monoisotopic (exact) mass is 395 g/mol. The molecule has 29 heavy (non-hydrogen) atoms. The van der Waals surface area contributed by atoms with Crippen LogP contribution in [-0.4, -0.2) is 29.6 Å². The van der Waals surface area contributed by atoms with Crippen LogP contribution in [0.5, 0.6) is 0 Å². The standard InChI is InChI=1S/C23H29N3O3/c1-4-29-22(27)21(11-16-7-6-10-24-14-16)26-23(28)25-20-13-18-9-5-8-17(18)12-19(20)15(2)3/h6-7,10,12-15,21H,4-5,8-9,11H2,1-3H3,(H2,25,26,28)/t21-/m1/s1. The molecule has 6 heteroatoms. The topological polar surface area (TPSA) is 80.3 Å². The first-order valence-corrected chi connectivity index (χ1v) is 10.3. The summed E-state index contributed by atoms with van der Waals surface area (Å²) < 4.78 is 5.15. The number of nitrogens with zero attached hydrogens (tertiary/aromatic N) is 1. The Hall–Kier alpha value is -2.89. The number of anilines is 1. The quantitative estimate of drug-likeness (QED) is 0.695. The fourth-order valence-corrected chi connectivity index (χ4v) is 3.74. The Balaban J connectivity index is 1.75. The molecule has 154 valence electrons. The maximum Gasteiger partial charge on any atom is 0.329 e. The zero-order valence-corrected chi connectivity index (χ0v) is 17.3. The van der Waals surface area contributed by atoms with E-state index in [0.717, 1.165) is 36.1 Å². The molecule has 2 aromatic rings. The molecule has 0 saturated carbocycles. The fraction of sp³-hybridized carbons (Fsp3) is 0.435. The highest BCUT2D eigenvalue weighted by atomic mass is 16.5. The Morgan fingerprint density at radius 1 is 1.21 bits per heavy atom. The summed E-state index contributed by atoms with van der Waals surface area (Å²) >= 11 is 0. The normalized spacial score (nSPS) is 13.7. The smallest absolute Gasteiger partial charge is 0.329 e. The Morgan fingerprint density at radius 2 is 1.97 bits per heavy atom. The summed E-state index contributed by atoms with van der Waals surface area (Å²) in [5.41, 5.74) is 5.44. The van der Waals surface area contributed by atoms with Crippen LogP contribution in [0.4, 0.5) is 10.5 Å². The van der Waals surface area contributed by atoms with Gasteiger partial charge in [-0.15, -0.1) is 0 Å². The molecule has 1 atom stereocenters. The van der Waals surface area contributed by atoms with Gasteiger partial charge >= 0.3 is 12.0 Å². The zero-order valence-electron chi connectivity index (χ0n) is 17.3. The Kier molecular flexibility index (Phi) is 6.86. The number of hydrogen-bond donors (Lipinski definition) is 2. The fourth-order valence-electron chi connectivity index (χ4n) is 3.74.